The molecule has 2 aromatic carbocycles. The molecule has 0 saturated heterocycles. The molecule has 0 aliphatic carbocycles. The lowest BCUT2D eigenvalue weighted by atomic mass is 10.3. The van der Waals surface area contributed by atoms with Crippen molar-refractivity contribution >= 4 is 35.0 Å². The van der Waals surface area contributed by atoms with E-state index in [0.29, 0.717) is 22.4 Å². The maximum atomic E-state index is 12.1. The van der Waals surface area contributed by atoms with E-state index in [-0.39, 0.29) is 5.91 Å². The largest absolute Gasteiger partial charge is 0.497 e. The van der Waals surface area contributed by atoms with Crippen molar-refractivity contribution in [1.29, 1.82) is 0 Å². The molecule has 1 aromatic heterocycles. The zero-order valence-electron chi connectivity index (χ0n) is 13.9. The highest BCUT2D eigenvalue weighted by atomic mass is 35.5. The van der Waals surface area contributed by atoms with E-state index in [1.807, 2.05) is 12.1 Å². The molecule has 9 heteroatoms. The van der Waals surface area contributed by atoms with Crippen LogP contribution in [0.3, 0.4) is 0 Å². The van der Waals surface area contributed by atoms with E-state index in [9.17, 15) is 4.79 Å². The standard InChI is InChI=1S/C17H16ClN5O2S/c1-25-15-8-4-13(5-9-15)19-16(24)10-11-26-17-20-21-22-23(17)14-6-2-12(18)3-7-14/h2-9H,10-11H2,1H3,(H,19,24). The van der Waals surface area contributed by atoms with Crippen LogP contribution >= 0.6 is 23.4 Å². The molecule has 0 fully saturated rings. The summed E-state index contributed by atoms with van der Waals surface area (Å²) in [6, 6.07) is 14.4. The highest BCUT2D eigenvalue weighted by Crippen LogP contribution is 2.21. The number of nitrogens with zero attached hydrogens (tertiary/aromatic N) is 4. The summed E-state index contributed by atoms with van der Waals surface area (Å²) in [6.07, 6.45) is 0.337. The van der Waals surface area contributed by atoms with E-state index in [2.05, 4.69) is 20.8 Å². The third-order valence-corrected chi connectivity index (χ3v) is 4.62. The van der Waals surface area contributed by atoms with Gasteiger partial charge in [0.2, 0.25) is 11.1 Å². The van der Waals surface area contributed by atoms with Gasteiger partial charge in [0, 0.05) is 22.9 Å². The van der Waals surface area contributed by atoms with Crippen molar-refractivity contribution in [3.63, 3.8) is 0 Å². The van der Waals surface area contributed by atoms with Crippen molar-refractivity contribution in [3.05, 3.63) is 53.6 Å². The maximum absolute atomic E-state index is 12.1. The van der Waals surface area contributed by atoms with E-state index >= 15 is 0 Å². The molecule has 0 bridgehead atoms. The van der Waals surface area contributed by atoms with E-state index in [1.54, 1.807) is 48.2 Å². The summed E-state index contributed by atoms with van der Waals surface area (Å²) in [6.45, 7) is 0. The first kappa shape index (κ1) is 18.2. The number of carbonyl (C=O) groups is 1. The summed E-state index contributed by atoms with van der Waals surface area (Å²) in [5.74, 6) is 1.22. The van der Waals surface area contributed by atoms with Gasteiger partial charge in [-0.3, -0.25) is 4.79 Å². The van der Waals surface area contributed by atoms with Gasteiger partial charge in [-0.1, -0.05) is 23.4 Å². The van der Waals surface area contributed by atoms with Gasteiger partial charge in [0.15, 0.2) is 0 Å². The molecule has 0 aliphatic rings. The van der Waals surface area contributed by atoms with Crippen LogP contribution in [0.5, 0.6) is 5.75 Å². The third-order valence-electron chi connectivity index (χ3n) is 3.45. The Morgan fingerprint density at radius 2 is 1.92 bits per heavy atom. The van der Waals surface area contributed by atoms with Gasteiger partial charge in [0.05, 0.1) is 12.8 Å². The molecule has 0 atom stereocenters. The Morgan fingerprint density at radius 3 is 2.62 bits per heavy atom. The molecular formula is C17H16ClN5O2S. The lowest BCUT2D eigenvalue weighted by Gasteiger charge is -2.06. The van der Waals surface area contributed by atoms with Crippen LogP contribution in [0.1, 0.15) is 6.42 Å². The second kappa shape index (κ2) is 8.68. The first-order valence-corrected chi connectivity index (χ1v) is 9.13. The second-order valence-corrected chi connectivity index (χ2v) is 6.72. The maximum Gasteiger partial charge on any atom is 0.225 e. The zero-order chi connectivity index (χ0) is 18.4. The van der Waals surface area contributed by atoms with Crippen molar-refractivity contribution in [1.82, 2.24) is 20.2 Å². The lowest BCUT2D eigenvalue weighted by molar-refractivity contribution is -0.115. The Bertz CT molecular complexity index is 868. The number of methoxy groups -OCH3 is 1. The molecular weight excluding hydrogens is 374 g/mol. The molecule has 26 heavy (non-hydrogen) atoms. The Labute approximate surface area is 159 Å². The Morgan fingerprint density at radius 1 is 1.19 bits per heavy atom. The smallest absolute Gasteiger partial charge is 0.225 e. The van der Waals surface area contributed by atoms with Gasteiger partial charge in [-0.05, 0) is 59.0 Å². The molecule has 0 aliphatic heterocycles. The number of amides is 1. The SMILES string of the molecule is COc1ccc(NC(=O)CCSc2nnnn2-c2ccc(Cl)cc2)cc1. The number of halogens is 1. The highest BCUT2D eigenvalue weighted by molar-refractivity contribution is 7.99. The van der Waals surface area contributed by atoms with Crippen LogP contribution < -0.4 is 10.1 Å². The monoisotopic (exact) mass is 389 g/mol. The zero-order valence-corrected chi connectivity index (χ0v) is 15.5. The minimum Gasteiger partial charge on any atom is -0.497 e. The van der Waals surface area contributed by atoms with Crippen LogP contribution in [0.4, 0.5) is 5.69 Å². The second-order valence-electron chi connectivity index (χ2n) is 5.22. The van der Waals surface area contributed by atoms with Crippen molar-refractivity contribution in [2.24, 2.45) is 0 Å². The third kappa shape index (κ3) is 4.74. The number of hydrogen-bond acceptors (Lipinski definition) is 6. The molecule has 134 valence electrons. The summed E-state index contributed by atoms with van der Waals surface area (Å²) in [5.41, 5.74) is 1.54. The number of rotatable bonds is 7. The van der Waals surface area contributed by atoms with E-state index < -0.39 is 0 Å². The number of nitrogens with one attached hydrogen (secondary N) is 1. The number of aromatic nitrogens is 4. The molecule has 1 heterocycles. The molecule has 1 N–H and O–H groups in total. The van der Waals surface area contributed by atoms with Crippen LogP contribution in [0.2, 0.25) is 5.02 Å². The van der Waals surface area contributed by atoms with E-state index in [0.717, 1.165) is 17.1 Å². The average molecular weight is 390 g/mol. The summed E-state index contributed by atoms with van der Waals surface area (Å²) in [7, 11) is 1.60. The van der Waals surface area contributed by atoms with Crippen LogP contribution in [0.25, 0.3) is 5.69 Å². The van der Waals surface area contributed by atoms with Gasteiger partial charge in [-0.2, -0.15) is 4.68 Å². The molecule has 0 radical (unpaired) electrons. The predicted molar refractivity (Wildman–Crippen MR) is 101 cm³/mol. The number of carbonyl (C=O) groups excluding carboxylic acids is 1. The lowest BCUT2D eigenvalue weighted by Crippen LogP contribution is -2.12. The number of hydrogen-bond donors (Lipinski definition) is 1. The molecule has 0 unspecified atom stereocenters. The van der Waals surface area contributed by atoms with Crippen LogP contribution in [-0.2, 0) is 4.79 Å². The number of ether oxygens (including phenoxy) is 1. The number of tetrazole rings is 1. The van der Waals surface area contributed by atoms with Crippen molar-refractivity contribution < 1.29 is 9.53 Å². The minimum atomic E-state index is -0.0758. The summed E-state index contributed by atoms with van der Waals surface area (Å²) in [4.78, 5) is 12.1. The van der Waals surface area contributed by atoms with Crippen molar-refractivity contribution in [2.45, 2.75) is 11.6 Å². The fourth-order valence-corrected chi connectivity index (χ4v) is 3.10. The topological polar surface area (TPSA) is 81.9 Å². The van der Waals surface area contributed by atoms with Gasteiger partial charge in [0.1, 0.15) is 5.75 Å². The number of benzene rings is 2. The quantitative estimate of drug-likeness (QED) is 0.623. The minimum absolute atomic E-state index is 0.0758. The molecule has 3 rings (SSSR count). The van der Waals surface area contributed by atoms with Gasteiger partial charge in [-0.25, -0.2) is 0 Å². The molecule has 7 nitrogen and oxygen atoms in total. The fraction of sp³-hybridized carbons (Fsp3) is 0.176. The Hall–Kier alpha value is -2.58. The first-order chi connectivity index (χ1) is 12.7. The van der Waals surface area contributed by atoms with Crippen molar-refractivity contribution in [3.8, 4) is 11.4 Å². The summed E-state index contributed by atoms with van der Waals surface area (Å²) < 4.78 is 6.70. The first-order valence-electron chi connectivity index (χ1n) is 7.77. The van der Waals surface area contributed by atoms with Gasteiger partial charge in [0.25, 0.3) is 0 Å². The predicted octanol–water partition coefficient (Wildman–Crippen LogP) is 3.45. The molecule has 3 aromatic rings. The highest BCUT2D eigenvalue weighted by Gasteiger charge is 2.10. The Balaban J connectivity index is 1.52. The van der Waals surface area contributed by atoms with Crippen LogP contribution in [0.15, 0.2) is 53.7 Å². The van der Waals surface area contributed by atoms with Gasteiger partial charge in [-0.15, -0.1) is 5.10 Å². The summed E-state index contributed by atoms with van der Waals surface area (Å²) in [5, 5.41) is 15.8. The van der Waals surface area contributed by atoms with Crippen molar-refractivity contribution in [2.75, 3.05) is 18.2 Å². The van der Waals surface area contributed by atoms with Gasteiger partial charge < -0.3 is 10.1 Å². The van der Waals surface area contributed by atoms with Crippen LogP contribution in [0, 0.1) is 0 Å². The average Bonchev–Trinajstić information content (AvgIpc) is 3.11. The molecule has 0 spiro atoms. The fourth-order valence-electron chi connectivity index (χ4n) is 2.15. The number of thioether (sulfide) groups is 1. The van der Waals surface area contributed by atoms with Gasteiger partial charge >= 0.3 is 0 Å². The van der Waals surface area contributed by atoms with E-state index in [1.165, 1.54) is 11.8 Å². The normalized spacial score (nSPS) is 10.5. The molecule has 0 saturated carbocycles. The molecule has 1 amide bonds. The van der Waals surface area contributed by atoms with Crippen LogP contribution in [-0.4, -0.2) is 39.0 Å². The summed E-state index contributed by atoms with van der Waals surface area (Å²) >= 11 is 7.31. The Kier molecular flexibility index (Phi) is 6.08. The number of anilines is 1. The van der Waals surface area contributed by atoms with E-state index in [4.69, 9.17) is 16.3 Å².